The highest BCUT2D eigenvalue weighted by molar-refractivity contribution is 5.94. The normalized spacial score (nSPS) is 14.8. The van der Waals surface area contributed by atoms with Gasteiger partial charge in [-0.25, -0.2) is 0 Å². The highest BCUT2D eigenvalue weighted by atomic mass is 16.1. The molecule has 1 N–H and O–H groups in total. The molecule has 0 bridgehead atoms. The van der Waals surface area contributed by atoms with Gasteiger partial charge in [-0.05, 0) is 42.3 Å². The fraction of sp³-hybridized carbons (Fsp3) is 0.240. The number of ketones is 1. The first-order chi connectivity index (χ1) is 13.7. The molecule has 0 aromatic heterocycles. The van der Waals surface area contributed by atoms with Gasteiger partial charge in [0.05, 0.1) is 26.2 Å². The SMILES string of the molecule is CC(=O)c1ccc(N2CC[NH+](Cc3ccc(-c4ccccc4)cc3)CC2)cc1. The third-order valence-corrected chi connectivity index (χ3v) is 5.62. The summed E-state index contributed by atoms with van der Waals surface area (Å²) >= 11 is 0. The first kappa shape index (κ1) is 18.5. The lowest BCUT2D eigenvalue weighted by molar-refractivity contribution is -0.914. The fourth-order valence-corrected chi connectivity index (χ4v) is 3.90. The average molecular weight is 372 g/mol. The van der Waals surface area contributed by atoms with E-state index in [9.17, 15) is 4.79 Å². The summed E-state index contributed by atoms with van der Waals surface area (Å²) < 4.78 is 0. The molecule has 0 atom stereocenters. The molecule has 28 heavy (non-hydrogen) atoms. The Labute approximate surface area is 167 Å². The van der Waals surface area contributed by atoms with Crippen LogP contribution in [0.1, 0.15) is 22.8 Å². The van der Waals surface area contributed by atoms with Crippen molar-refractivity contribution in [1.82, 2.24) is 0 Å². The van der Waals surface area contributed by atoms with Gasteiger partial charge in [-0.2, -0.15) is 0 Å². The lowest BCUT2D eigenvalue weighted by Crippen LogP contribution is -3.13. The lowest BCUT2D eigenvalue weighted by atomic mass is 10.0. The number of hydrogen-bond donors (Lipinski definition) is 1. The molecule has 0 spiro atoms. The Morgan fingerprint density at radius 2 is 1.43 bits per heavy atom. The topological polar surface area (TPSA) is 24.8 Å². The van der Waals surface area contributed by atoms with Crippen LogP contribution in [0.3, 0.4) is 0 Å². The van der Waals surface area contributed by atoms with E-state index in [0.29, 0.717) is 0 Å². The predicted octanol–water partition coefficient (Wildman–Crippen LogP) is 3.46. The number of hydrogen-bond acceptors (Lipinski definition) is 2. The summed E-state index contributed by atoms with van der Waals surface area (Å²) in [5.74, 6) is 0.124. The maximum absolute atomic E-state index is 11.4. The van der Waals surface area contributed by atoms with E-state index in [0.717, 1.165) is 38.3 Å². The zero-order valence-corrected chi connectivity index (χ0v) is 16.4. The van der Waals surface area contributed by atoms with Crippen molar-refractivity contribution < 1.29 is 9.69 Å². The smallest absolute Gasteiger partial charge is 0.159 e. The van der Waals surface area contributed by atoms with Gasteiger partial charge in [0, 0.05) is 16.8 Å². The summed E-state index contributed by atoms with van der Waals surface area (Å²) in [4.78, 5) is 15.5. The van der Waals surface area contributed by atoms with E-state index in [2.05, 4.69) is 71.6 Å². The average Bonchev–Trinajstić information content (AvgIpc) is 2.75. The second-order valence-corrected chi connectivity index (χ2v) is 7.58. The summed E-state index contributed by atoms with van der Waals surface area (Å²) in [6.07, 6.45) is 0. The number of Topliss-reactive ketones (excluding diaryl/α,β-unsaturated/α-hetero) is 1. The fourth-order valence-electron chi connectivity index (χ4n) is 3.90. The molecule has 1 aliphatic rings. The van der Waals surface area contributed by atoms with Crippen molar-refractivity contribution in [3.63, 3.8) is 0 Å². The van der Waals surface area contributed by atoms with Crippen LogP contribution in [-0.2, 0) is 6.54 Å². The van der Waals surface area contributed by atoms with Gasteiger partial charge < -0.3 is 9.80 Å². The molecule has 1 saturated heterocycles. The minimum atomic E-state index is 0.124. The van der Waals surface area contributed by atoms with Crippen molar-refractivity contribution in [2.45, 2.75) is 13.5 Å². The Morgan fingerprint density at radius 1 is 0.821 bits per heavy atom. The van der Waals surface area contributed by atoms with Gasteiger partial charge in [0.2, 0.25) is 0 Å². The van der Waals surface area contributed by atoms with Crippen LogP contribution in [0.2, 0.25) is 0 Å². The molecule has 1 fully saturated rings. The van der Waals surface area contributed by atoms with Gasteiger partial charge in [-0.15, -0.1) is 0 Å². The molecule has 0 saturated carbocycles. The molecule has 3 nitrogen and oxygen atoms in total. The van der Waals surface area contributed by atoms with Crippen LogP contribution in [-0.4, -0.2) is 32.0 Å². The van der Waals surface area contributed by atoms with Gasteiger partial charge in [0.25, 0.3) is 0 Å². The van der Waals surface area contributed by atoms with Crippen LogP contribution in [0.5, 0.6) is 0 Å². The molecule has 1 aliphatic heterocycles. The number of rotatable bonds is 5. The summed E-state index contributed by atoms with van der Waals surface area (Å²) in [5.41, 5.74) is 5.95. The van der Waals surface area contributed by atoms with Crippen LogP contribution in [0, 0.1) is 0 Å². The maximum atomic E-state index is 11.4. The van der Waals surface area contributed by atoms with Crippen molar-refractivity contribution in [2.75, 3.05) is 31.1 Å². The van der Waals surface area contributed by atoms with Crippen LogP contribution in [0.25, 0.3) is 11.1 Å². The minimum Gasteiger partial charge on any atom is -0.360 e. The van der Waals surface area contributed by atoms with Crippen LogP contribution in [0.4, 0.5) is 5.69 Å². The third-order valence-electron chi connectivity index (χ3n) is 5.62. The number of carbonyl (C=O) groups excluding carboxylic acids is 1. The Bertz CT molecular complexity index is 909. The molecule has 3 heteroatoms. The van der Waals surface area contributed by atoms with Gasteiger partial charge >= 0.3 is 0 Å². The third kappa shape index (κ3) is 4.32. The van der Waals surface area contributed by atoms with E-state index in [1.807, 2.05) is 12.1 Å². The first-order valence-electron chi connectivity index (χ1n) is 10.0. The summed E-state index contributed by atoms with van der Waals surface area (Å²) in [6, 6.07) is 27.5. The number of piperazine rings is 1. The van der Waals surface area contributed by atoms with E-state index >= 15 is 0 Å². The molecule has 3 aromatic carbocycles. The van der Waals surface area contributed by atoms with Gasteiger partial charge in [-0.3, -0.25) is 4.79 Å². The zero-order valence-electron chi connectivity index (χ0n) is 16.4. The molecule has 0 aliphatic carbocycles. The zero-order chi connectivity index (χ0) is 19.3. The summed E-state index contributed by atoms with van der Waals surface area (Å²) in [5, 5.41) is 0. The number of anilines is 1. The lowest BCUT2D eigenvalue weighted by Gasteiger charge is -2.33. The summed E-state index contributed by atoms with van der Waals surface area (Å²) in [6.45, 7) is 7.06. The minimum absolute atomic E-state index is 0.124. The number of quaternary nitrogens is 1. The van der Waals surface area contributed by atoms with Crippen LogP contribution >= 0.6 is 0 Å². The van der Waals surface area contributed by atoms with E-state index < -0.39 is 0 Å². The molecule has 0 amide bonds. The Morgan fingerprint density at radius 3 is 2.04 bits per heavy atom. The highest BCUT2D eigenvalue weighted by Gasteiger charge is 2.20. The summed E-state index contributed by atoms with van der Waals surface area (Å²) in [7, 11) is 0. The maximum Gasteiger partial charge on any atom is 0.159 e. The van der Waals surface area contributed by atoms with Crippen LogP contribution < -0.4 is 9.80 Å². The van der Waals surface area contributed by atoms with E-state index in [4.69, 9.17) is 0 Å². The standard InChI is InChI=1S/C25H26N2O/c1-20(28)22-11-13-25(14-12-22)27-17-15-26(16-18-27)19-21-7-9-24(10-8-21)23-5-3-2-4-6-23/h2-14H,15-19H2,1H3/p+1. The quantitative estimate of drug-likeness (QED) is 0.695. The predicted molar refractivity (Wildman–Crippen MR) is 115 cm³/mol. The van der Waals surface area contributed by atoms with Crippen molar-refractivity contribution in [1.29, 1.82) is 0 Å². The van der Waals surface area contributed by atoms with E-state index in [-0.39, 0.29) is 5.78 Å². The molecule has 4 rings (SSSR count). The number of nitrogens with one attached hydrogen (secondary N) is 1. The molecule has 3 aromatic rings. The Hall–Kier alpha value is -2.91. The number of benzene rings is 3. The van der Waals surface area contributed by atoms with Crippen molar-refractivity contribution >= 4 is 11.5 Å². The Kier molecular flexibility index (Phi) is 5.54. The van der Waals surface area contributed by atoms with Gasteiger partial charge in [0.1, 0.15) is 6.54 Å². The van der Waals surface area contributed by atoms with E-state index in [1.54, 1.807) is 11.8 Å². The van der Waals surface area contributed by atoms with Crippen molar-refractivity contribution in [3.05, 3.63) is 90.0 Å². The molecular formula is C25H27N2O+. The molecule has 1 heterocycles. The molecule has 0 unspecified atom stereocenters. The van der Waals surface area contributed by atoms with Gasteiger partial charge in [-0.1, -0.05) is 54.6 Å². The highest BCUT2D eigenvalue weighted by Crippen LogP contribution is 2.19. The van der Waals surface area contributed by atoms with Crippen molar-refractivity contribution in [2.24, 2.45) is 0 Å². The van der Waals surface area contributed by atoms with Crippen molar-refractivity contribution in [3.8, 4) is 11.1 Å². The molecule has 0 radical (unpaired) electrons. The Balaban J connectivity index is 1.32. The largest absolute Gasteiger partial charge is 0.360 e. The monoisotopic (exact) mass is 371 g/mol. The second kappa shape index (κ2) is 8.41. The first-order valence-corrected chi connectivity index (χ1v) is 10.0. The molecule has 142 valence electrons. The number of nitrogens with zero attached hydrogens (tertiary/aromatic N) is 1. The number of carbonyl (C=O) groups is 1. The molecular weight excluding hydrogens is 344 g/mol. The van der Waals surface area contributed by atoms with Gasteiger partial charge in [0.15, 0.2) is 5.78 Å². The van der Waals surface area contributed by atoms with Crippen LogP contribution in [0.15, 0.2) is 78.9 Å². The second-order valence-electron chi connectivity index (χ2n) is 7.58. The van der Waals surface area contributed by atoms with E-state index in [1.165, 1.54) is 22.4 Å².